The van der Waals surface area contributed by atoms with Crippen LogP contribution in [0.25, 0.3) is 67.2 Å². The molecule has 5 heteroatoms. The van der Waals surface area contributed by atoms with E-state index in [1.54, 1.807) is 6.20 Å². The number of rotatable bonds is 6. The average molecular weight is 628 g/mol. The van der Waals surface area contributed by atoms with Gasteiger partial charge >= 0.3 is 0 Å². The van der Waals surface area contributed by atoms with Gasteiger partial charge in [-0.2, -0.15) is 0 Å². The first-order chi connectivity index (χ1) is 24.3. The van der Waals surface area contributed by atoms with Crippen LogP contribution < -0.4 is 0 Å². The summed E-state index contributed by atoms with van der Waals surface area (Å²) >= 11 is 0. The van der Waals surface area contributed by atoms with Gasteiger partial charge in [0, 0.05) is 46.6 Å². The van der Waals surface area contributed by atoms with E-state index in [2.05, 4.69) is 89.9 Å². The van der Waals surface area contributed by atoms with Crippen LogP contribution in [0, 0.1) is 0 Å². The maximum atomic E-state index is 5.20. The van der Waals surface area contributed by atoms with Crippen molar-refractivity contribution in [2.75, 3.05) is 0 Å². The molecule has 2 aromatic heterocycles. The number of hydrogen-bond acceptors (Lipinski definition) is 5. The van der Waals surface area contributed by atoms with E-state index < -0.39 is 0 Å². The molecule has 0 amide bonds. The SMILES string of the molecule is c1ccc(-c2nc(-c3ccccc3)nc(-c3cccc(-c4c(-c5cccc6c5N=C(c5cccnc5)C6)ccc5ccccc45)c3)n2)cc1. The summed E-state index contributed by atoms with van der Waals surface area (Å²) < 4.78 is 0. The predicted molar refractivity (Wildman–Crippen MR) is 199 cm³/mol. The van der Waals surface area contributed by atoms with Gasteiger partial charge in [-0.15, -0.1) is 0 Å². The first-order valence-corrected chi connectivity index (χ1v) is 16.4. The number of para-hydroxylation sites is 1. The van der Waals surface area contributed by atoms with Gasteiger partial charge in [0.15, 0.2) is 17.5 Å². The Morgan fingerprint density at radius 2 is 1.08 bits per heavy atom. The van der Waals surface area contributed by atoms with Crippen LogP contribution >= 0.6 is 0 Å². The molecule has 0 spiro atoms. The van der Waals surface area contributed by atoms with Crippen LogP contribution in [-0.2, 0) is 6.42 Å². The van der Waals surface area contributed by atoms with Crippen LogP contribution in [-0.4, -0.2) is 25.6 Å². The van der Waals surface area contributed by atoms with Crippen LogP contribution in [0.5, 0.6) is 0 Å². The molecule has 0 N–H and O–H groups in total. The Labute approximate surface area is 284 Å². The summed E-state index contributed by atoms with van der Waals surface area (Å²) in [6.07, 6.45) is 4.47. The molecule has 1 aliphatic heterocycles. The second kappa shape index (κ2) is 12.2. The summed E-state index contributed by atoms with van der Waals surface area (Å²) in [5, 5.41) is 2.35. The van der Waals surface area contributed by atoms with E-state index in [4.69, 9.17) is 19.9 Å². The van der Waals surface area contributed by atoms with Gasteiger partial charge in [0.05, 0.1) is 11.4 Å². The zero-order chi connectivity index (χ0) is 32.6. The minimum Gasteiger partial charge on any atom is -0.264 e. The van der Waals surface area contributed by atoms with E-state index in [1.165, 1.54) is 16.3 Å². The zero-order valence-corrected chi connectivity index (χ0v) is 26.5. The van der Waals surface area contributed by atoms with Crippen molar-refractivity contribution < 1.29 is 0 Å². The fourth-order valence-electron chi connectivity index (χ4n) is 6.70. The van der Waals surface area contributed by atoms with Gasteiger partial charge in [0.1, 0.15) is 0 Å². The summed E-state index contributed by atoms with van der Waals surface area (Å²) in [7, 11) is 0. The third-order valence-electron chi connectivity index (χ3n) is 9.05. The largest absolute Gasteiger partial charge is 0.264 e. The summed E-state index contributed by atoms with van der Waals surface area (Å²) in [5.41, 5.74) is 11.6. The van der Waals surface area contributed by atoms with E-state index >= 15 is 0 Å². The smallest absolute Gasteiger partial charge is 0.164 e. The van der Waals surface area contributed by atoms with Gasteiger partial charge in [0.2, 0.25) is 0 Å². The predicted octanol–water partition coefficient (Wildman–Crippen LogP) is 10.4. The van der Waals surface area contributed by atoms with Gasteiger partial charge in [-0.3, -0.25) is 9.98 Å². The molecule has 6 aromatic carbocycles. The Kier molecular flexibility index (Phi) is 7.13. The van der Waals surface area contributed by atoms with Crippen LogP contribution in [0.2, 0.25) is 0 Å². The average Bonchev–Trinajstić information content (AvgIpc) is 3.63. The van der Waals surface area contributed by atoms with Crippen LogP contribution in [0.1, 0.15) is 11.1 Å². The summed E-state index contributed by atoms with van der Waals surface area (Å²) in [6.45, 7) is 0. The summed E-state index contributed by atoms with van der Waals surface area (Å²) in [5.74, 6) is 1.91. The highest BCUT2D eigenvalue weighted by Gasteiger charge is 2.22. The highest BCUT2D eigenvalue weighted by Crippen LogP contribution is 2.45. The van der Waals surface area contributed by atoms with E-state index in [-0.39, 0.29) is 0 Å². The minimum atomic E-state index is 0.627. The lowest BCUT2D eigenvalue weighted by atomic mass is 9.88. The first kappa shape index (κ1) is 28.6. The Bertz CT molecular complexity index is 2450. The molecular weight excluding hydrogens is 599 g/mol. The van der Waals surface area contributed by atoms with Crippen LogP contribution in [0.15, 0.2) is 169 Å². The van der Waals surface area contributed by atoms with E-state index in [9.17, 15) is 0 Å². The lowest BCUT2D eigenvalue weighted by Gasteiger charge is -2.17. The molecule has 0 radical (unpaired) electrons. The summed E-state index contributed by atoms with van der Waals surface area (Å²) in [6, 6.07) is 52.3. The van der Waals surface area contributed by atoms with Crippen molar-refractivity contribution in [1.29, 1.82) is 0 Å². The highest BCUT2D eigenvalue weighted by atomic mass is 15.0. The van der Waals surface area contributed by atoms with E-state index in [0.29, 0.717) is 17.5 Å². The molecule has 0 atom stereocenters. The number of aliphatic imine (C=N–C) groups is 1. The Morgan fingerprint density at radius 3 is 1.82 bits per heavy atom. The molecule has 0 bridgehead atoms. The molecule has 49 heavy (non-hydrogen) atoms. The Morgan fingerprint density at radius 1 is 0.449 bits per heavy atom. The van der Waals surface area contributed by atoms with Crippen molar-refractivity contribution in [3.8, 4) is 56.4 Å². The molecule has 9 rings (SSSR count). The summed E-state index contributed by atoms with van der Waals surface area (Å²) in [4.78, 5) is 24.5. The van der Waals surface area contributed by atoms with Crippen molar-refractivity contribution in [2.24, 2.45) is 4.99 Å². The van der Waals surface area contributed by atoms with Gasteiger partial charge in [-0.1, -0.05) is 140 Å². The lowest BCUT2D eigenvalue weighted by Crippen LogP contribution is -2.00. The van der Waals surface area contributed by atoms with Crippen molar-refractivity contribution in [3.63, 3.8) is 0 Å². The van der Waals surface area contributed by atoms with Crippen molar-refractivity contribution in [3.05, 3.63) is 175 Å². The third kappa shape index (κ3) is 5.37. The van der Waals surface area contributed by atoms with E-state index in [1.807, 2.05) is 72.9 Å². The second-order valence-corrected chi connectivity index (χ2v) is 12.1. The highest BCUT2D eigenvalue weighted by molar-refractivity contribution is 6.10. The standard InChI is InChI=1S/C44H29N5/c1-3-13-30(14-4-1)42-47-43(31-15-5-2-6-16-31)49-44(48-42)34-19-9-17-32(26-34)40-36-21-8-7-12-29(36)23-24-37(40)38-22-10-18-33-27-39(46-41(33)38)35-20-11-25-45-28-35/h1-26,28H,27H2. The van der Waals surface area contributed by atoms with Crippen LogP contribution in [0.3, 0.4) is 0 Å². The zero-order valence-electron chi connectivity index (χ0n) is 26.5. The molecule has 3 heterocycles. The molecule has 0 saturated carbocycles. The number of benzene rings is 6. The van der Waals surface area contributed by atoms with Crippen molar-refractivity contribution >= 4 is 22.2 Å². The quantitative estimate of drug-likeness (QED) is 0.184. The van der Waals surface area contributed by atoms with Crippen molar-refractivity contribution in [2.45, 2.75) is 6.42 Å². The monoisotopic (exact) mass is 627 g/mol. The Balaban J connectivity index is 1.23. The maximum absolute atomic E-state index is 5.20. The molecule has 0 aliphatic carbocycles. The van der Waals surface area contributed by atoms with Crippen LogP contribution in [0.4, 0.5) is 5.69 Å². The first-order valence-electron chi connectivity index (χ1n) is 16.4. The molecule has 230 valence electrons. The van der Waals surface area contributed by atoms with Gasteiger partial charge in [0.25, 0.3) is 0 Å². The number of nitrogens with zero attached hydrogens (tertiary/aromatic N) is 5. The van der Waals surface area contributed by atoms with Gasteiger partial charge in [-0.25, -0.2) is 15.0 Å². The molecule has 0 fully saturated rings. The molecule has 1 aliphatic rings. The minimum absolute atomic E-state index is 0.627. The molecule has 0 unspecified atom stereocenters. The molecular formula is C44H29N5. The molecule has 8 aromatic rings. The topological polar surface area (TPSA) is 63.9 Å². The van der Waals surface area contributed by atoms with Crippen molar-refractivity contribution in [1.82, 2.24) is 19.9 Å². The normalized spacial score (nSPS) is 12.1. The van der Waals surface area contributed by atoms with Gasteiger partial charge < -0.3 is 0 Å². The second-order valence-electron chi connectivity index (χ2n) is 12.1. The molecule has 5 nitrogen and oxygen atoms in total. The maximum Gasteiger partial charge on any atom is 0.164 e. The fourth-order valence-corrected chi connectivity index (χ4v) is 6.70. The van der Waals surface area contributed by atoms with E-state index in [0.717, 1.165) is 62.3 Å². The number of aromatic nitrogens is 4. The lowest BCUT2D eigenvalue weighted by molar-refractivity contribution is 1.07. The number of pyridine rings is 1. The van der Waals surface area contributed by atoms with Gasteiger partial charge in [-0.05, 0) is 45.2 Å². The number of hydrogen-bond donors (Lipinski definition) is 0. The Hall–Kier alpha value is -6.59. The fraction of sp³-hybridized carbons (Fsp3) is 0.0227. The molecule has 0 saturated heterocycles. The number of fused-ring (bicyclic) bond motifs is 2. The third-order valence-corrected chi connectivity index (χ3v) is 9.05.